The van der Waals surface area contributed by atoms with Gasteiger partial charge in [0.1, 0.15) is 0 Å². The largest absolute Gasteiger partial charge is 0.277 e. The average Bonchev–Trinajstić information content (AvgIpc) is 3.04. The molecule has 23 heavy (non-hydrogen) atoms. The van der Waals surface area contributed by atoms with Crippen LogP contribution in [0.5, 0.6) is 0 Å². The van der Waals surface area contributed by atoms with Crippen molar-refractivity contribution in [3.05, 3.63) is 64.8 Å². The van der Waals surface area contributed by atoms with Gasteiger partial charge in [-0.05, 0) is 42.3 Å². The average molecular weight is 303 g/mol. The van der Waals surface area contributed by atoms with Crippen LogP contribution in [-0.4, -0.2) is 25.4 Å². The third kappa shape index (κ3) is 2.30. The summed E-state index contributed by atoms with van der Waals surface area (Å²) in [6.45, 7) is 1.97. The lowest BCUT2D eigenvalue weighted by Crippen LogP contribution is -2.05. The van der Waals surface area contributed by atoms with Gasteiger partial charge in [0.25, 0.3) is 5.56 Å². The lowest BCUT2D eigenvalue weighted by atomic mass is 9.98. The maximum absolute atomic E-state index is 11.2. The molecule has 0 spiro atoms. The second-order valence-electron chi connectivity index (χ2n) is 5.31. The first-order valence-electron chi connectivity index (χ1n) is 7.17. The van der Waals surface area contributed by atoms with Crippen molar-refractivity contribution in [1.29, 1.82) is 0 Å². The standard InChI is InChI=1S/C17H13N5O/c1-10-8-11(6-7-18-10)12-2-3-13(17-14(12)9-19-22-17)15-4-5-16(23)21-20-15/h2-9H,1H3,(H,19,22)(H,21,23). The summed E-state index contributed by atoms with van der Waals surface area (Å²) in [4.78, 5) is 15.4. The van der Waals surface area contributed by atoms with Gasteiger partial charge in [-0.2, -0.15) is 10.2 Å². The molecule has 112 valence electrons. The fourth-order valence-electron chi connectivity index (χ4n) is 2.71. The van der Waals surface area contributed by atoms with Crippen molar-refractivity contribution in [2.75, 3.05) is 0 Å². The number of fused-ring (bicyclic) bond motifs is 1. The zero-order valence-electron chi connectivity index (χ0n) is 12.4. The number of aromatic amines is 2. The van der Waals surface area contributed by atoms with E-state index in [1.54, 1.807) is 18.5 Å². The normalized spacial score (nSPS) is 11.0. The van der Waals surface area contributed by atoms with Gasteiger partial charge in [-0.1, -0.05) is 6.07 Å². The summed E-state index contributed by atoms with van der Waals surface area (Å²) in [6.07, 6.45) is 3.60. The fourth-order valence-corrected chi connectivity index (χ4v) is 2.71. The monoisotopic (exact) mass is 303 g/mol. The van der Waals surface area contributed by atoms with Gasteiger partial charge >= 0.3 is 0 Å². The maximum Gasteiger partial charge on any atom is 0.264 e. The fraction of sp³-hybridized carbons (Fsp3) is 0.0588. The molecule has 0 radical (unpaired) electrons. The number of hydrogen-bond donors (Lipinski definition) is 2. The molecule has 1 aromatic carbocycles. The molecule has 0 atom stereocenters. The number of pyridine rings is 1. The van der Waals surface area contributed by atoms with Crippen LogP contribution in [0.4, 0.5) is 0 Å². The number of aromatic nitrogens is 5. The van der Waals surface area contributed by atoms with Gasteiger partial charge in [0.05, 0.1) is 17.4 Å². The van der Waals surface area contributed by atoms with Gasteiger partial charge < -0.3 is 0 Å². The van der Waals surface area contributed by atoms with Crippen LogP contribution < -0.4 is 5.56 Å². The van der Waals surface area contributed by atoms with E-state index < -0.39 is 0 Å². The lowest BCUT2D eigenvalue weighted by Gasteiger charge is -2.07. The Kier molecular flexibility index (Phi) is 3.01. The van der Waals surface area contributed by atoms with Crippen LogP contribution >= 0.6 is 0 Å². The van der Waals surface area contributed by atoms with Crippen molar-refractivity contribution in [2.45, 2.75) is 6.92 Å². The minimum Gasteiger partial charge on any atom is -0.277 e. The van der Waals surface area contributed by atoms with E-state index in [1.165, 1.54) is 6.07 Å². The van der Waals surface area contributed by atoms with Gasteiger partial charge in [-0.25, -0.2) is 5.10 Å². The van der Waals surface area contributed by atoms with E-state index in [0.717, 1.165) is 33.3 Å². The summed E-state index contributed by atoms with van der Waals surface area (Å²) in [6, 6.07) is 11.2. The van der Waals surface area contributed by atoms with Crippen molar-refractivity contribution < 1.29 is 0 Å². The minimum absolute atomic E-state index is 0.224. The molecule has 3 aromatic heterocycles. The Labute approximate surface area is 131 Å². The third-order valence-corrected chi connectivity index (χ3v) is 3.78. The Morgan fingerprint density at radius 3 is 2.65 bits per heavy atom. The lowest BCUT2D eigenvalue weighted by molar-refractivity contribution is 0.995. The van der Waals surface area contributed by atoms with Crippen molar-refractivity contribution in [3.8, 4) is 22.4 Å². The van der Waals surface area contributed by atoms with Crippen LogP contribution in [0.2, 0.25) is 0 Å². The molecule has 0 amide bonds. The van der Waals surface area contributed by atoms with Gasteiger partial charge in [-0.15, -0.1) is 0 Å². The summed E-state index contributed by atoms with van der Waals surface area (Å²) < 4.78 is 0. The van der Waals surface area contributed by atoms with Crippen LogP contribution in [0.1, 0.15) is 5.69 Å². The number of nitrogens with one attached hydrogen (secondary N) is 2. The molecule has 0 aliphatic carbocycles. The van der Waals surface area contributed by atoms with Gasteiger partial charge in [0, 0.05) is 28.9 Å². The van der Waals surface area contributed by atoms with Crippen molar-refractivity contribution in [2.24, 2.45) is 0 Å². The topological polar surface area (TPSA) is 87.3 Å². The predicted molar refractivity (Wildman–Crippen MR) is 87.9 cm³/mol. The molecule has 2 N–H and O–H groups in total. The van der Waals surface area contributed by atoms with Gasteiger partial charge in [0.15, 0.2) is 0 Å². The van der Waals surface area contributed by atoms with Crippen molar-refractivity contribution in [1.82, 2.24) is 25.4 Å². The first-order valence-corrected chi connectivity index (χ1v) is 7.17. The molecule has 0 aliphatic rings. The highest BCUT2D eigenvalue weighted by atomic mass is 16.1. The highest BCUT2D eigenvalue weighted by molar-refractivity contribution is 6.01. The molecule has 4 rings (SSSR count). The zero-order chi connectivity index (χ0) is 15.8. The number of rotatable bonds is 2. The van der Waals surface area contributed by atoms with E-state index in [4.69, 9.17) is 0 Å². The van der Waals surface area contributed by atoms with Crippen LogP contribution in [0.15, 0.2) is 53.6 Å². The highest BCUT2D eigenvalue weighted by Crippen LogP contribution is 2.33. The minimum atomic E-state index is -0.224. The van der Waals surface area contributed by atoms with E-state index in [9.17, 15) is 4.79 Å². The number of nitrogens with zero attached hydrogens (tertiary/aromatic N) is 3. The van der Waals surface area contributed by atoms with Crippen LogP contribution in [-0.2, 0) is 0 Å². The van der Waals surface area contributed by atoms with Crippen molar-refractivity contribution in [3.63, 3.8) is 0 Å². The predicted octanol–water partition coefficient (Wildman–Crippen LogP) is 2.68. The molecule has 0 saturated heterocycles. The second-order valence-corrected chi connectivity index (χ2v) is 5.31. The maximum atomic E-state index is 11.2. The third-order valence-electron chi connectivity index (χ3n) is 3.78. The van der Waals surface area contributed by atoms with Gasteiger partial charge in [0.2, 0.25) is 0 Å². The quantitative estimate of drug-likeness (QED) is 0.596. The first-order chi connectivity index (χ1) is 11.2. The number of H-pyrrole nitrogens is 2. The van der Waals surface area contributed by atoms with E-state index in [0.29, 0.717) is 5.69 Å². The molecular weight excluding hydrogens is 290 g/mol. The van der Waals surface area contributed by atoms with Gasteiger partial charge in [-0.3, -0.25) is 14.9 Å². The highest BCUT2D eigenvalue weighted by Gasteiger charge is 2.12. The smallest absolute Gasteiger partial charge is 0.264 e. The molecule has 0 saturated carbocycles. The summed E-state index contributed by atoms with van der Waals surface area (Å²) in [5.41, 5.74) is 5.37. The molecule has 0 bridgehead atoms. The number of hydrogen-bond acceptors (Lipinski definition) is 4. The van der Waals surface area contributed by atoms with Crippen molar-refractivity contribution >= 4 is 10.9 Å². The summed E-state index contributed by atoms with van der Waals surface area (Å²) in [5.74, 6) is 0. The molecular formula is C17H13N5O. The Bertz CT molecular complexity index is 1040. The Balaban J connectivity index is 1.94. The van der Waals surface area contributed by atoms with Crippen LogP contribution in [0.3, 0.4) is 0 Å². The molecule has 3 heterocycles. The summed E-state index contributed by atoms with van der Waals surface area (Å²) in [7, 11) is 0. The summed E-state index contributed by atoms with van der Waals surface area (Å²) >= 11 is 0. The second kappa shape index (κ2) is 5.17. The molecule has 0 fully saturated rings. The van der Waals surface area contributed by atoms with E-state index in [2.05, 4.69) is 25.4 Å². The summed E-state index contributed by atoms with van der Waals surface area (Å²) in [5, 5.41) is 14.8. The zero-order valence-corrected chi connectivity index (χ0v) is 12.4. The van der Waals surface area contributed by atoms with E-state index >= 15 is 0 Å². The Morgan fingerprint density at radius 1 is 1.00 bits per heavy atom. The van der Waals surface area contributed by atoms with E-state index in [1.807, 2.05) is 31.2 Å². The van der Waals surface area contributed by atoms with Crippen LogP contribution in [0, 0.1) is 6.92 Å². The van der Waals surface area contributed by atoms with E-state index in [-0.39, 0.29) is 5.56 Å². The number of aryl methyl sites for hydroxylation is 1. The molecule has 6 nitrogen and oxygen atoms in total. The Hall–Kier alpha value is -3.28. The Morgan fingerprint density at radius 2 is 1.87 bits per heavy atom. The number of benzene rings is 1. The molecule has 0 aliphatic heterocycles. The molecule has 6 heteroatoms. The van der Waals surface area contributed by atoms with Crippen LogP contribution in [0.25, 0.3) is 33.3 Å². The first kappa shape index (κ1) is 13.4. The molecule has 4 aromatic rings. The molecule has 0 unspecified atom stereocenters. The SMILES string of the molecule is Cc1cc(-c2ccc(-c3ccc(=O)[nH]n3)c3[nH]ncc23)ccn1.